The van der Waals surface area contributed by atoms with Crippen LogP contribution in [0.25, 0.3) is 0 Å². The number of epoxide rings is 1. The van der Waals surface area contributed by atoms with E-state index >= 15 is 0 Å². The predicted octanol–water partition coefficient (Wildman–Crippen LogP) is 2.44. The third kappa shape index (κ3) is 1.44. The molecule has 0 N–H and O–H groups in total. The van der Waals surface area contributed by atoms with Gasteiger partial charge in [-0.25, -0.2) is 0 Å². The minimum absolute atomic E-state index is 0.0205. The number of fused-ring (bicyclic) bond motifs is 3. The lowest BCUT2D eigenvalue weighted by Crippen LogP contribution is -2.60. The van der Waals surface area contributed by atoms with Gasteiger partial charge in [0.25, 0.3) is 0 Å². The topological polar surface area (TPSA) is 70.4 Å². The van der Waals surface area contributed by atoms with Gasteiger partial charge in [0, 0.05) is 22.3 Å². The van der Waals surface area contributed by atoms with Crippen LogP contribution in [0.15, 0.2) is 23.0 Å². The maximum Gasteiger partial charge on any atom is 0.309 e. The van der Waals surface area contributed by atoms with Gasteiger partial charge in [-0.15, -0.1) is 0 Å². The van der Waals surface area contributed by atoms with Crippen LogP contribution >= 0.6 is 0 Å². The van der Waals surface area contributed by atoms with Crippen molar-refractivity contribution in [2.75, 3.05) is 6.61 Å². The molecule has 2 saturated carbocycles. The SMILES string of the molecule is C[C@@H]1[C@H]2C[C@@]34COC(=O)[C@@H]3C[C@H]3O[C@H]3[C@@H]4[C@@]13C[C@H](c1ccoc1)O[C@@H]3O2. The van der Waals surface area contributed by atoms with Crippen LogP contribution in [-0.2, 0) is 23.7 Å². The summed E-state index contributed by atoms with van der Waals surface area (Å²) in [4.78, 5) is 12.5. The first-order chi connectivity index (χ1) is 12.6. The Morgan fingerprint density at radius 2 is 2.08 bits per heavy atom. The van der Waals surface area contributed by atoms with Crippen LogP contribution in [0.4, 0.5) is 0 Å². The number of carbonyl (C=O) groups excluding carboxylic acids is 1. The lowest BCUT2D eigenvalue weighted by Gasteiger charge is -2.54. The van der Waals surface area contributed by atoms with Crippen molar-refractivity contribution in [2.24, 2.45) is 28.6 Å². The molecule has 0 aromatic carbocycles. The van der Waals surface area contributed by atoms with Crippen molar-refractivity contribution >= 4 is 5.97 Å². The molecule has 6 aliphatic rings. The number of esters is 1. The molecule has 10 atom stereocenters. The van der Waals surface area contributed by atoms with Gasteiger partial charge >= 0.3 is 5.97 Å². The third-order valence-corrected chi connectivity index (χ3v) is 8.54. The van der Waals surface area contributed by atoms with Gasteiger partial charge in [-0.05, 0) is 31.2 Å². The fourth-order valence-corrected chi connectivity index (χ4v) is 7.38. The summed E-state index contributed by atoms with van der Waals surface area (Å²) in [5, 5.41) is 0. The molecule has 2 spiro atoms. The minimum atomic E-state index is -0.230. The second kappa shape index (κ2) is 4.37. The average molecular weight is 358 g/mol. The first-order valence-corrected chi connectivity index (χ1v) is 9.78. The van der Waals surface area contributed by atoms with Crippen LogP contribution in [0, 0.1) is 28.6 Å². The molecule has 7 rings (SSSR count). The van der Waals surface area contributed by atoms with E-state index in [1.54, 1.807) is 12.5 Å². The fourth-order valence-electron chi connectivity index (χ4n) is 7.38. The van der Waals surface area contributed by atoms with E-state index in [1.165, 1.54) is 0 Å². The van der Waals surface area contributed by atoms with Crippen LogP contribution < -0.4 is 0 Å². The van der Waals surface area contributed by atoms with Crippen molar-refractivity contribution in [1.82, 2.24) is 0 Å². The molecule has 26 heavy (non-hydrogen) atoms. The van der Waals surface area contributed by atoms with Gasteiger partial charge in [-0.1, -0.05) is 6.92 Å². The van der Waals surface area contributed by atoms with E-state index in [9.17, 15) is 4.79 Å². The Labute approximate surface area is 151 Å². The Bertz CT molecular complexity index is 790. The van der Waals surface area contributed by atoms with Gasteiger partial charge in [-0.3, -0.25) is 4.79 Å². The van der Waals surface area contributed by atoms with Crippen molar-refractivity contribution in [3.8, 4) is 0 Å². The molecule has 4 aliphatic heterocycles. The third-order valence-electron chi connectivity index (χ3n) is 8.54. The van der Waals surface area contributed by atoms with Gasteiger partial charge < -0.3 is 23.4 Å². The van der Waals surface area contributed by atoms with E-state index in [4.69, 9.17) is 23.4 Å². The molecule has 2 aliphatic carbocycles. The van der Waals surface area contributed by atoms with E-state index in [1.807, 2.05) is 6.07 Å². The first-order valence-electron chi connectivity index (χ1n) is 9.78. The van der Waals surface area contributed by atoms with E-state index in [0.717, 1.165) is 24.8 Å². The predicted molar refractivity (Wildman–Crippen MR) is 85.7 cm³/mol. The maximum absolute atomic E-state index is 12.5. The number of cyclic esters (lactones) is 1. The minimum Gasteiger partial charge on any atom is -0.472 e. The normalized spacial score (nSPS) is 58.6. The Morgan fingerprint density at radius 3 is 2.92 bits per heavy atom. The summed E-state index contributed by atoms with van der Waals surface area (Å²) in [7, 11) is 0. The van der Waals surface area contributed by atoms with Gasteiger partial charge in [-0.2, -0.15) is 0 Å². The van der Waals surface area contributed by atoms with Gasteiger partial charge in [0.15, 0.2) is 6.29 Å². The molecule has 0 radical (unpaired) electrons. The first kappa shape index (κ1) is 14.7. The molecule has 6 heteroatoms. The zero-order valence-corrected chi connectivity index (χ0v) is 14.6. The highest BCUT2D eigenvalue weighted by atomic mass is 16.7. The quantitative estimate of drug-likeness (QED) is 0.567. The Hall–Kier alpha value is -1.37. The molecule has 1 aromatic rings. The molecule has 1 aromatic heterocycles. The Morgan fingerprint density at radius 1 is 1.15 bits per heavy atom. The Balaban J connectivity index is 1.38. The van der Waals surface area contributed by atoms with Gasteiger partial charge in [0.1, 0.15) is 0 Å². The van der Waals surface area contributed by atoms with Crippen LogP contribution in [-0.4, -0.2) is 37.2 Å². The summed E-state index contributed by atoms with van der Waals surface area (Å²) in [5.41, 5.74) is 0.812. The maximum atomic E-state index is 12.5. The number of ether oxygens (including phenoxy) is 4. The van der Waals surface area contributed by atoms with Gasteiger partial charge in [0.05, 0.1) is 49.5 Å². The highest BCUT2D eigenvalue weighted by molar-refractivity contribution is 5.76. The molecule has 4 saturated heterocycles. The van der Waals surface area contributed by atoms with E-state index < -0.39 is 0 Å². The van der Waals surface area contributed by atoms with Crippen molar-refractivity contribution in [3.05, 3.63) is 24.2 Å². The Kier molecular flexibility index (Phi) is 2.46. The fraction of sp³-hybridized carbons (Fsp3) is 0.750. The lowest BCUT2D eigenvalue weighted by molar-refractivity contribution is -0.152. The van der Waals surface area contributed by atoms with Crippen LogP contribution in [0.2, 0.25) is 0 Å². The van der Waals surface area contributed by atoms with Crippen molar-refractivity contribution in [2.45, 2.75) is 56.9 Å². The lowest BCUT2D eigenvalue weighted by atomic mass is 9.44. The number of hydrogen-bond acceptors (Lipinski definition) is 6. The largest absolute Gasteiger partial charge is 0.472 e. The number of hydrogen-bond donors (Lipinski definition) is 0. The zero-order valence-electron chi connectivity index (χ0n) is 14.6. The van der Waals surface area contributed by atoms with Crippen LogP contribution in [0.3, 0.4) is 0 Å². The van der Waals surface area contributed by atoms with Crippen LogP contribution in [0.5, 0.6) is 0 Å². The standard InChI is InChI=1S/C20H22O6/c1-9-13-5-19-8-23-17(21)11(19)4-12-15(24-12)16(19)20(9)6-14(26-18(20)25-13)10-2-3-22-7-10/h2-3,7,9,11-16,18H,4-6,8H2,1H3/t9-,11+,12-,13-,14-,15-,16+,18+,19-,20-/m1/s1. The number of carbonyl (C=O) groups is 1. The molecule has 6 nitrogen and oxygen atoms in total. The monoisotopic (exact) mass is 358 g/mol. The molecule has 2 bridgehead atoms. The number of rotatable bonds is 1. The average Bonchev–Trinajstić information content (AvgIpc) is 2.93. The summed E-state index contributed by atoms with van der Waals surface area (Å²) in [6.07, 6.45) is 6.37. The van der Waals surface area contributed by atoms with Crippen LogP contribution in [0.1, 0.15) is 37.9 Å². The highest BCUT2D eigenvalue weighted by Crippen LogP contribution is 2.75. The van der Waals surface area contributed by atoms with E-state index in [-0.39, 0.29) is 59.3 Å². The molecule has 6 fully saturated rings. The molecular formula is C20H22O6. The molecule has 138 valence electrons. The molecule has 0 unspecified atom stereocenters. The molecule has 0 amide bonds. The molecular weight excluding hydrogens is 336 g/mol. The van der Waals surface area contributed by atoms with Gasteiger partial charge in [0.2, 0.25) is 0 Å². The summed E-state index contributed by atoms with van der Waals surface area (Å²) >= 11 is 0. The van der Waals surface area contributed by atoms with Crippen molar-refractivity contribution < 1.29 is 28.2 Å². The van der Waals surface area contributed by atoms with E-state index in [0.29, 0.717) is 12.5 Å². The summed E-state index contributed by atoms with van der Waals surface area (Å²) in [6, 6.07) is 1.98. The molecule has 5 heterocycles. The summed E-state index contributed by atoms with van der Waals surface area (Å²) in [5.74, 6) is 0.579. The van der Waals surface area contributed by atoms with Crippen molar-refractivity contribution in [1.29, 1.82) is 0 Å². The summed E-state index contributed by atoms with van der Waals surface area (Å²) < 4.78 is 29.9. The second-order valence-electron chi connectivity index (χ2n) is 9.24. The van der Waals surface area contributed by atoms with Crippen molar-refractivity contribution in [3.63, 3.8) is 0 Å². The second-order valence-corrected chi connectivity index (χ2v) is 9.24. The van der Waals surface area contributed by atoms with E-state index in [2.05, 4.69) is 6.92 Å². The summed E-state index contributed by atoms with van der Waals surface area (Å²) in [6.45, 7) is 2.82. The number of furan rings is 1. The zero-order chi connectivity index (χ0) is 17.3. The highest BCUT2D eigenvalue weighted by Gasteiger charge is 2.80. The smallest absolute Gasteiger partial charge is 0.309 e.